The van der Waals surface area contributed by atoms with Gasteiger partial charge in [0.1, 0.15) is 0 Å². The number of carbonyl (C=O) groups is 1. The number of carbonyl (C=O) groups excluding carboxylic acids is 1. The van der Waals surface area contributed by atoms with Crippen LogP contribution in [0.5, 0.6) is 0 Å². The maximum atomic E-state index is 11.1. The van der Waals surface area contributed by atoms with Crippen LogP contribution < -0.4 is 10.0 Å². The van der Waals surface area contributed by atoms with Crippen LogP contribution in [-0.4, -0.2) is 47.4 Å². The lowest BCUT2D eigenvalue weighted by Gasteiger charge is -2.04. The zero-order chi connectivity index (χ0) is 11.0. The highest BCUT2D eigenvalue weighted by Crippen LogP contribution is 1.87. The normalized spacial score (nSPS) is 11.3. The van der Waals surface area contributed by atoms with Crippen molar-refractivity contribution < 1.29 is 17.9 Å². The van der Waals surface area contributed by atoms with Gasteiger partial charge in [-0.25, -0.2) is 13.1 Å². The third-order valence-electron chi connectivity index (χ3n) is 1.46. The van der Waals surface area contributed by atoms with Crippen LogP contribution in [0.4, 0.5) is 0 Å². The first-order valence-corrected chi connectivity index (χ1v) is 5.86. The van der Waals surface area contributed by atoms with Crippen LogP contribution in [0.1, 0.15) is 6.42 Å². The van der Waals surface area contributed by atoms with E-state index in [-0.39, 0.29) is 0 Å². The van der Waals surface area contributed by atoms with Gasteiger partial charge in [0.25, 0.3) is 0 Å². The molecule has 0 spiro atoms. The fourth-order valence-corrected chi connectivity index (χ4v) is 1.74. The van der Waals surface area contributed by atoms with Gasteiger partial charge in [0.05, 0.1) is 7.11 Å². The summed E-state index contributed by atoms with van der Waals surface area (Å²) in [6, 6.07) is 0. The van der Waals surface area contributed by atoms with Crippen molar-refractivity contribution in [1.82, 2.24) is 10.0 Å². The predicted octanol–water partition coefficient (Wildman–Crippen LogP) is -1.31. The molecule has 6 nitrogen and oxygen atoms in total. The Balaban J connectivity index is 3.79. The fraction of sp³-hybridized carbons (Fsp3) is 0.857. The lowest BCUT2D eigenvalue weighted by molar-refractivity contribution is -0.137. The molecular formula is C7H16N2O4S. The Morgan fingerprint density at radius 2 is 2.00 bits per heavy atom. The molecule has 0 saturated heterocycles. The van der Waals surface area contributed by atoms with Gasteiger partial charge in [-0.2, -0.15) is 0 Å². The average molecular weight is 224 g/mol. The molecule has 0 aliphatic rings. The second-order valence-electron chi connectivity index (χ2n) is 2.69. The van der Waals surface area contributed by atoms with E-state index in [4.69, 9.17) is 0 Å². The van der Waals surface area contributed by atoms with Crippen LogP contribution in [0.2, 0.25) is 0 Å². The Morgan fingerprint density at radius 1 is 1.36 bits per heavy atom. The molecule has 14 heavy (non-hydrogen) atoms. The first-order chi connectivity index (χ1) is 6.52. The van der Waals surface area contributed by atoms with Gasteiger partial charge in [-0.15, -0.1) is 0 Å². The van der Waals surface area contributed by atoms with E-state index in [1.54, 1.807) is 7.05 Å². The summed E-state index contributed by atoms with van der Waals surface area (Å²) in [5.74, 6) is -1.38. The summed E-state index contributed by atoms with van der Waals surface area (Å²) in [5.41, 5.74) is 0. The van der Waals surface area contributed by atoms with Crippen molar-refractivity contribution in [2.24, 2.45) is 0 Å². The molecule has 0 fully saturated rings. The molecule has 0 radical (unpaired) electrons. The minimum Gasteiger partial charge on any atom is -0.468 e. The molecular weight excluding hydrogens is 208 g/mol. The summed E-state index contributed by atoms with van der Waals surface area (Å²) in [4.78, 5) is 10.7. The molecule has 0 aromatic carbocycles. The number of nitrogens with one attached hydrogen (secondary N) is 2. The summed E-state index contributed by atoms with van der Waals surface area (Å²) in [6.45, 7) is 1.04. The number of sulfonamides is 1. The van der Waals surface area contributed by atoms with E-state index in [2.05, 4.69) is 14.8 Å². The van der Waals surface area contributed by atoms with Gasteiger partial charge in [-0.1, -0.05) is 0 Å². The number of ether oxygens (including phenoxy) is 1. The predicted molar refractivity (Wildman–Crippen MR) is 52.3 cm³/mol. The van der Waals surface area contributed by atoms with E-state index in [0.717, 1.165) is 13.7 Å². The largest absolute Gasteiger partial charge is 0.468 e. The van der Waals surface area contributed by atoms with Crippen molar-refractivity contribution in [2.45, 2.75) is 6.42 Å². The van der Waals surface area contributed by atoms with Gasteiger partial charge < -0.3 is 10.1 Å². The molecule has 0 unspecified atom stereocenters. The van der Waals surface area contributed by atoms with Crippen molar-refractivity contribution in [1.29, 1.82) is 0 Å². The Morgan fingerprint density at radius 3 is 2.50 bits per heavy atom. The molecule has 0 aliphatic carbocycles. The van der Waals surface area contributed by atoms with Gasteiger partial charge in [0.2, 0.25) is 10.0 Å². The molecule has 0 aromatic heterocycles. The molecule has 0 rings (SSSR count). The van der Waals surface area contributed by atoms with E-state index in [1.807, 2.05) is 0 Å². The second-order valence-corrected chi connectivity index (χ2v) is 4.49. The lowest BCUT2D eigenvalue weighted by atomic mass is 10.4. The molecule has 0 saturated carbocycles. The van der Waals surface area contributed by atoms with Crippen LogP contribution >= 0.6 is 0 Å². The summed E-state index contributed by atoms with van der Waals surface area (Å²) < 4.78 is 28.8. The number of esters is 1. The zero-order valence-corrected chi connectivity index (χ0v) is 9.19. The third-order valence-corrected chi connectivity index (χ3v) is 2.72. The Bertz CT molecular complexity index is 263. The Kier molecular flexibility index (Phi) is 6.43. The average Bonchev–Trinajstić information content (AvgIpc) is 2.12. The lowest BCUT2D eigenvalue weighted by Crippen LogP contribution is -2.32. The molecule has 84 valence electrons. The smallest absolute Gasteiger partial charge is 0.322 e. The standard InChI is InChI=1S/C7H16N2O4S/c1-8-4-3-5-9-14(11,12)6-7(10)13-2/h8-9H,3-6H2,1-2H3. The van der Waals surface area contributed by atoms with Crippen LogP contribution in [0.15, 0.2) is 0 Å². The second kappa shape index (κ2) is 6.74. The summed E-state index contributed by atoms with van der Waals surface area (Å²) in [5, 5.41) is 2.88. The number of hydrogen-bond acceptors (Lipinski definition) is 5. The van der Waals surface area contributed by atoms with E-state index in [0.29, 0.717) is 13.0 Å². The van der Waals surface area contributed by atoms with Gasteiger partial charge in [-0.3, -0.25) is 4.79 Å². The topological polar surface area (TPSA) is 84.5 Å². The van der Waals surface area contributed by atoms with E-state index >= 15 is 0 Å². The molecule has 0 atom stereocenters. The summed E-state index contributed by atoms with van der Waals surface area (Å²) in [7, 11) is -0.593. The highest BCUT2D eigenvalue weighted by molar-refractivity contribution is 7.90. The van der Waals surface area contributed by atoms with Gasteiger partial charge >= 0.3 is 5.97 Å². The molecule has 0 bridgehead atoms. The zero-order valence-electron chi connectivity index (χ0n) is 8.37. The third kappa shape index (κ3) is 6.81. The molecule has 0 amide bonds. The highest BCUT2D eigenvalue weighted by atomic mass is 32.2. The van der Waals surface area contributed by atoms with Crippen LogP contribution in [-0.2, 0) is 19.6 Å². The highest BCUT2D eigenvalue weighted by Gasteiger charge is 2.15. The molecule has 0 aromatic rings. The summed E-state index contributed by atoms with van der Waals surface area (Å²) in [6.07, 6.45) is 0.677. The van der Waals surface area contributed by atoms with E-state index in [1.165, 1.54) is 0 Å². The maximum absolute atomic E-state index is 11.1. The van der Waals surface area contributed by atoms with Crippen LogP contribution in [0.25, 0.3) is 0 Å². The molecule has 7 heteroatoms. The minimum absolute atomic E-state index is 0.320. The molecule has 2 N–H and O–H groups in total. The quantitative estimate of drug-likeness (QED) is 0.414. The Hall–Kier alpha value is -0.660. The number of methoxy groups -OCH3 is 1. The number of hydrogen-bond donors (Lipinski definition) is 2. The van der Waals surface area contributed by atoms with Gasteiger partial charge in [0.15, 0.2) is 5.75 Å². The molecule has 0 aliphatic heterocycles. The van der Waals surface area contributed by atoms with E-state index in [9.17, 15) is 13.2 Å². The minimum atomic E-state index is -3.53. The van der Waals surface area contributed by atoms with Gasteiger partial charge in [0, 0.05) is 6.54 Å². The van der Waals surface area contributed by atoms with Crippen molar-refractivity contribution in [3.63, 3.8) is 0 Å². The van der Waals surface area contributed by atoms with Crippen molar-refractivity contribution in [3.8, 4) is 0 Å². The first kappa shape index (κ1) is 13.3. The van der Waals surface area contributed by atoms with Gasteiger partial charge in [-0.05, 0) is 20.0 Å². The van der Waals surface area contributed by atoms with Crippen molar-refractivity contribution in [3.05, 3.63) is 0 Å². The first-order valence-electron chi connectivity index (χ1n) is 4.20. The SMILES string of the molecule is CNCCCNS(=O)(=O)CC(=O)OC. The van der Waals surface area contributed by atoms with Crippen LogP contribution in [0, 0.1) is 0 Å². The van der Waals surface area contributed by atoms with Crippen LogP contribution in [0.3, 0.4) is 0 Å². The van der Waals surface area contributed by atoms with Crippen molar-refractivity contribution >= 4 is 16.0 Å². The summed E-state index contributed by atoms with van der Waals surface area (Å²) >= 11 is 0. The fourth-order valence-electron chi connectivity index (χ4n) is 0.758. The molecule has 0 heterocycles. The number of rotatable bonds is 7. The van der Waals surface area contributed by atoms with Crippen molar-refractivity contribution in [2.75, 3.05) is 33.0 Å². The maximum Gasteiger partial charge on any atom is 0.322 e. The monoisotopic (exact) mass is 224 g/mol. The van der Waals surface area contributed by atoms with E-state index < -0.39 is 21.7 Å². The Labute approximate surface area is 84.1 Å².